The molecule has 3 rings (SSSR count). The van der Waals surface area contributed by atoms with Crippen LogP contribution in [0.15, 0.2) is 66.7 Å². The normalized spacial score (nSPS) is 10.2. The molecule has 3 aromatic carbocycles. The van der Waals surface area contributed by atoms with E-state index >= 15 is 0 Å². The molecule has 0 saturated carbocycles. The Bertz CT molecular complexity index is 1190. The van der Waals surface area contributed by atoms with Crippen LogP contribution in [-0.4, -0.2) is 38.0 Å². The van der Waals surface area contributed by atoms with Gasteiger partial charge < -0.3 is 25.4 Å². The summed E-state index contributed by atoms with van der Waals surface area (Å²) in [6.07, 6.45) is 0. The van der Waals surface area contributed by atoms with Crippen molar-refractivity contribution < 1.29 is 28.2 Å². The fourth-order valence-corrected chi connectivity index (χ4v) is 3.01. The number of ether oxygens (including phenoxy) is 2. The van der Waals surface area contributed by atoms with Gasteiger partial charge in [-0.1, -0.05) is 29.8 Å². The highest BCUT2D eigenvalue weighted by atomic mass is 35.5. The molecule has 0 fully saturated rings. The van der Waals surface area contributed by atoms with E-state index in [4.69, 9.17) is 21.1 Å². The smallest absolute Gasteiger partial charge is 0.258 e. The minimum atomic E-state index is -0.777. The predicted octanol–water partition coefficient (Wildman–Crippen LogP) is 3.87. The van der Waals surface area contributed by atoms with Gasteiger partial charge in [0.25, 0.3) is 11.8 Å². The lowest BCUT2D eigenvalue weighted by Crippen LogP contribution is -2.35. The number of carbonyl (C=O) groups excluding carboxylic acids is 3. The largest absolute Gasteiger partial charge is 0.495 e. The van der Waals surface area contributed by atoms with E-state index in [1.807, 2.05) is 6.07 Å². The molecule has 34 heavy (non-hydrogen) atoms. The van der Waals surface area contributed by atoms with Crippen molar-refractivity contribution in [3.63, 3.8) is 0 Å². The predicted molar refractivity (Wildman–Crippen MR) is 126 cm³/mol. The summed E-state index contributed by atoms with van der Waals surface area (Å²) in [7, 11) is 1.40. The second-order valence-corrected chi connectivity index (χ2v) is 7.36. The van der Waals surface area contributed by atoms with Crippen LogP contribution in [0, 0.1) is 5.82 Å². The zero-order valence-corrected chi connectivity index (χ0v) is 18.8. The summed E-state index contributed by atoms with van der Waals surface area (Å²) in [6.45, 7) is -0.530. The first kappa shape index (κ1) is 24.5. The first-order valence-electron chi connectivity index (χ1n) is 10.0. The Morgan fingerprint density at radius 3 is 2.41 bits per heavy atom. The number of hydrogen-bond donors (Lipinski definition) is 3. The van der Waals surface area contributed by atoms with Crippen molar-refractivity contribution in [3.05, 3.63) is 83.1 Å². The van der Waals surface area contributed by atoms with Crippen molar-refractivity contribution in [1.29, 1.82) is 0 Å². The Balaban J connectivity index is 1.57. The van der Waals surface area contributed by atoms with Gasteiger partial charge in [0.1, 0.15) is 17.3 Å². The van der Waals surface area contributed by atoms with E-state index in [-0.39, 0.29) is 29.4 Å². The third-order valence-corrected chi connectivity index (χ3v) is 4.70. The van der Waals surface area contributed by atoms with Crippen LogP contribution in [0.3, 0.4) is 0 Å². The van der Waals surface area contributed by atoms with Crippen molar-refractivity contribution in [1.82, 2.24) is 5.32 Å². The van der Waals surface area contributed by atoms with Crippen LogP contribution in [0.25, 0.3) is 0 Å². The SMILES string of the molecule is COc1ccc(NC(=O)CNC(=O)COc2ccccc2)cc1NC(=O)c1ccc(Cl)cc1F. The maximum atomic E-state index is 14.1. The molecule has 3 aromatic rings. The van der Waals surface area contributed by atoms with E-state index in [1.165, 1.54) is 31.4 Å². The van der Waals surface area contributed by atoms with Gasteiger partial charge in [-0.15, -0.1) is 0 Å². The molecule has 10 heteroatoms. The van der Waals surface area contributed by atoms with Crippen molar-refractivity contribution >= 4 is 40.7 Å². The van der Waals surface area contributed by atoms with Crippen molar-refractivity contribution in [3.8, 4) is 11.5 Å². The first-order chi connectivity index (χ1) is 16.4. The van der Waals surface area contributed by atoms with Crippen LogP contribution in [0.4, 0.5) is 15.8 Å². The number of rotatable bonds is 9. The van der Waals surface area contributed by atoms with E-state index < -0.39 is 23.5 Å². The molecule has 0 bridgehead atoms. The van der Waals surface area contributed by atoms with Crippen molar-refractivity contribution in [2.75, 3.05) is 30.9 Å². The minimum absolute atomic E-state index is 0.162. The summed E-state index contributed by atoms with van der Waals surface area (Å²) in [4.78, 5) is 36.6. The Morgan fingerprint density at radius 2 is 1.71 bits per heavy atom. The average Bonchev–Trinajstić information content (AvgIpc) is 2.82. The van der Waals surface area contributed by atoms with Gasteiger partial charge in [-0.25, -0.2) is 4.39 Å². The topological polar surface area (TPSA) is 106 Å². The summed E-state index contributed by atoms with van der Waals surface area (Å²) < 4.78 is 24.6. The lowest BCUT2D eigenvalue weighted by molar-refractivity contribution is -0.125. The zero-order chi connectivity index (χ0) is 24.5. The molecule has 0 unspecified atom stereocenters. The van der Waals surface area contributed by atoms with E-state index in [1.54, 1.807) is 30.3 Å². The van der Waals surface area contributed by atoms with E-state index in [2.05, 4.69) is 16.0 Å². The summed E-state index contributed by atoms with van der Waals surface area (Å²) in [6, 6.07) is 17.0. The van der Waals surface area contributed by atoms with Crippen molar-refractivity contribution in [2.24, 2.45) is 0 Å². The van der Waals surface area contributed by atoms with E-state index in [9.17, 15) is 18.8 Å². The first-order valence-corrected chi connectivity index (χ1v) is 10.4. The highest BCUT2D eigenvalue weighted by Crippen LogP contribution is 2.28. The molecule has 0 atom stereocenters. The fourth-order valence-electron chi connectivity index (χ4n) is 2.85. The highest BCUT2D eigenvalue weighted by molar-refractivity contribution is 6.30. The van der Waals surface area contributed by atoms with Gasteiger partial charge in [0.15, 0.2) is 6.61 Å². The van der Waals surface area contributed by atoms with E-state index in [0.717, 1.165) is 6.07 Å². The van der Waals surface area contributed by atoms with Gasteiger partial charge in [-0.05, 0) is 48.5 Å². The summed E-state index contributed by atoms with van der Waals surface area (Å²) >= 11 is 5.72. The number of hydrogen-bond acceptors (Lipinski definition) is 5. The number of halogens is 2. The quantitative estimate of drug-likeness (QED) is 0.426. The molecule has 0 aliphatic heterocycles. The summed E-state index contributed by atoms with van der Waals surface area (Å²) in [5.74, 6) is -1.63. The lowest BCUT2D eigenvalue weighted by atomic mass is 10.2. The van der Waals surface area contributed by atoms with E-state index in [0.29, 0.717) is 17.2 Å². The number of benzene rings is 3. The molecule has 0 aliphatic carbocycles. The number of methoxy groups -OCH3 is 1. The molecule has 0 saturated heterocycles. The molecule has 0 radical (unpaired) electrons. The van der Waals surface area contributed by atoms with Gasteiger partial charge in [0.2, 0.25) is 5.91 Å². The molecule has 0 aromatic heterocycles. The molecule has 8 nitrogen and oxygen atoms in total. The molecule has 3 amide bonds. The Morgan fingerprint density at radius 1 is 0.941 bits per heavy atom. The molecular weight excluding hydrogens is 465 g/mol. The molecule has 0 heterocycles. The fraction of sp³-hybridized carbons (Fsp3) is 0.125. The number of nitrogens with one attached hydrogen (secondary N) is 3. The van der Waals surface area contributed by atoms with Gasteiger partial charge >= 0.3 is 0 Å². The maximum Gasteiger partial charge on any atom is 0.258 e. The molecule has 0 aliphatic rings. The summed E-state index contributed by atoms with van der Waals surface area (Å²) in [5, 5.41) is 7.77. The van der Waals surface area contributed by atoms with Gasteiger partial charge in [0.05, 0.1) is 24.9 Å². The third kappa shape index (κ3) is 6.94. The van der Waals surface area contributed by atoms with Crippen LogP contribution in [0.5, 0.6) is 11.5 Å². The number of anilines is 2. The van der Waals surface area contributed by atoms with Gasteiger partial charge in [-0.3, -0.25) is 14.4 Å². The number of para-hydroxylation sites is 1. The minimum Gasteiger partial charge on any atom is -0.495 e. The van der Waals surface area contributed by atoms with Gasteiger partial charge in [-0.2, -0.15) is 0 Å². The van der Waals surface area contributed by atoms with Crippen LogP contribution in [-0.2, 0) is 9.59 Å². The van der Waals surface area contributed by atoms with Crippen LogP contribution in [0.1, 0.15) is 10.4 Å². The second-order valence-electron chi connectivity index (χ2n) is 6.92. The lowest BCUT2D eigenvalue weighted by Gasteiger charge is -2.13. The van der Waals surface area contributed by atoms with Crippen LogP contribution in [0.2, 0.25) is 5.02 Å². The Hall–Kier alpha value is -4.11. The molecule has 3 N–H and O–H groups in total. The zero-order valence-electron chi connectivity index (χ0n) is 18.1. The Kier molecular flexibility index (Phi) is 8.42. The summed E-state index contributed by atoms with van der Waals surface area (Å²) in [5.41, 5.74) is 0.328. The average molecular weight is 486 g/mol. The van der Waals surface area contributed by atoms with Crippen LogP contribution >= 0.6 is 11.6 Å². The Labute approximate surface area is 200 Å². The van der Waals surface area contributed by atoms with Gasteiger partial charge in [0, 0.05) is 10.7 Å². The van der Waals surface area contributed by atoms with Crippen molar-refractivity contribution in [2.45, 2.75) is 0 Å². The van der Waals surface area contributed by atoms with Crippen LogP contribution < -0.4 is 25.4 Å². The number of amides is 3. The highest BCUT2D eigenvalue weighted by Gasteiger charge is 2.15. The molecule has 176 valence electrons. The third-order valence-electron chi connectivity index (χ3n) is 4.47. The number of carbonyl (C=O) groups is 3. The standard InChI is InChI=1S/C24H21ClFN3O5/c1-33-21-10-8-16(12-20(21)29-24(32)18-9-7-15(25)11-19(18)26)28-22(30)13-27-23(31)14-34-17-5-3-2-4-6-17/h2-12H,13-14H2,1H3,(H,27,31)(H,28,30)(H,29,32). The maximum absolute atomic E-state index is 14.1. The second kappa shape index (κ2) is 11.7. The monoisotopic (exact) mass is 485 g/mol. The molecule has 0 spiro atoms. The molecular formula is C24H21ClFN3O5.